The van der Waals surface area contributed by atoms with Crippen molar-refractivity contribution in [2.75, 3.05) is 43.1 Å². The quantitative estimate of drug-likeness (QED) is 0.713. The number of benzene rings is 2. The zero-order valence-electron chi connectivity index (χ0n) is 14.9. The maximum Gasteiger partial charge on any atom is 0.251 e. The lowest BCUT2D eigenvalue weighted by Crippen LogP contribution is -2.46. The van der Waals surface area contributed by atoms with Crippen LogP contribution in [0.2, 0.25) is 0 Å². The highest BCUT2D eigenvalue weighted by atomic mass is 16.5. The second-order valence-corrected chi connectivity index (χ2v) is 6.21. The third kappa shape index (κ3) is 5.06. The normalized spacial score (nSPS) is 15.1. The Bertz CT molecular complexity index is 759. The van der Waals surface area contributed by atoms with Crippen LogP contribution in [-0.2, 0) is 9.53 Å². The first-order valence-corrected chi connectivity index (χ1v) is 8.88. The van der Waals surface area contributed by atoms with Crippen LogP contribution >= 0.6 is 0 Å². The first-order valence-electron chi connectivity index (χ1n) is 8.88. The highest BCUT2D eigenvalue weighted by Crippen LogP contribution is 2.19. The van der Waals surface area contributed by atoms with E-state index in [4.69, 9.17) is 4.74 Å². The van der Waals surface area contributed by atoms with Crippen LogP contribution in [0.1, 0.15) is 10.4 Å². The van der Waals surface area contributed by atoms with Crippen molar-refractivity contribution in [3.05, 3.63) is 60.2 Å². The van der Waals surface area contributed by atoms with E-state index in [1.54, 1.807) is 42.5 Å². The predicted octanol–water partition coefficient (Wildman–Crippen LogP) is 1.25. The van der Waals surface area contributed by atoms with E-state index in [0.717, 1.165) is 18.8 Å². The smallest absolute Gasteiger partial charge is 0.251 e. The van der Waals surface area contributed by atoms with E-state index in [0.29, 0.717) is 24.5 Å². The van der Waals surface area contributed by atoms with Gasteiger partial charge in [0.05, 0.1) is 19.8 Å². The molecule has 2 amide bonds. The highest BCUT2D eigenvalue weighted by molar-refractivity contribution is 6.01. The second-order valence-electron chi connectivity index (χ2n) is 6.21. The van der Waals surface area contributed by atoms with E-state index >= 15 is 0 Å². The minimum Gasteiger partial charge on any atom is -0.394 e. The maximum absolute atomic E-state index is 12.4. The summed E-state index contributed by atoms with van der Waals surface area (Å²) in [6, 6.07) is 15.0. The number of morpholine rings is 1. The van der Waals surface area contributed by atoms with Crippen LogP contribution in [0.4, 0.5) is 11.4 Å². The van der Waals surface area contributed by atoms with Crippen molar-refractivity contribution in [2.45, 2.75) is 6.04 Å². The number of aliphatic hydroxyl groups is 1. The van der Waals surface area contributed by atoms with Crippen LogP contribution < -0.4 is 15.5 Å². The Morgan fingerprint density at radius 1 is 1.04 bits per heavy atom. The van der Waals surface area contributed by atoms with Gasteiger partial charge in [-0.25, -0.2) is 0 Å². The van der Waals surface area contributed by atoms with E-state index in [1.165, 1.54) is 0 Å². The number of amides is 2. The van der Waals surface area contributed by atoms with Gasteiger partial charge in [0.1, 0.15) is 6.04 Å². The first kappa shape index (κ1) is 18.9. The summed E-state index contributed by atoms with van der Waals surface area (Å²) < 4.78 is 5.34. The van der Waals surface area contributed by atoms with Gasteiger partial charge >= 0.3 is 0 Å². The molecule has 1 aliphatic heterocycles. The Kier molecular flexibility index (Phi) is 6.40. The summed E-state index contributed by atoms with van der Waals surface area (Å²) >= 11 is 0. The molecule has 0 bridgehead atoms. The Hall–Kier alpha value is -2.90. The molecular formula is C20H23N3O4. The fourth-order valence-corrected chi connectivity index (χ4v) is 2.83. The lowest BCUT2D eigenvalue weighted by atomic mass is 10.2. The van der Waals surface area contributed by atoms with Gasteiger partial charge in [0, 0.05) is 30.0 Å². The molecule has 2 aromatic rings. The number of nitrogens with zero attached hydrogens (tertiary/aromatic N) is 1. The molecule has 3 rings (SSSR count). The average Bonchev–Trinajstić information content (AvgIpc) is 2.73. The molecular weight excluding hydrogens is 346 g/mol. The molecule has 0 saturated carbocycles. The zero-order valence-corrected chi connectivity index (χ0v) is 14.9. The number of rotatable bonds is 6. The highest BCUT2D eigenvalue weighted by Gasteiger charge is 2.21. The Morgan fingerprint density at radius 3 is 2.33 bits per heavy atom. The van der Waals surface area contributed by atoms with E-state index in [9.17, 15) is 14.7 Å². The van der Waals surface area contributed by atoms with Crippen LogP contribution in [0, 0.1) is 0 Å². The molecule has 1 atom stereocenters. The SMILES string of the molecule is O=C(N[C@@H](CO)C(=O)Nc1ccc(N2CCOCC2)cc1)c1ccccc1. The molecule has 7 nitrogen and oxygen atoms in total. The van der Waals surface area contributed by atoms with E-state index in [1.807, 2.05) is 12.1 Å². The molecule has 0 aromatic heterocycles. The Balaban J connectivity index is 1.58. The summed E-state index contributed by atoms with van der Waals surface area (Å²) in [6.45, 7) is 2.60. The molecule has 0 spiro atoms. The van der Waals surface area contributed by atoms with Crippen LogP contribution in [-0.4, -0.2) is 55.9 Å². The summed E-state index contributed by atoms with van der Waals surface area (Å²) in [6.07, 6.45) is 0. The summed E-state index contributed by atoms with van der Waals surface area (Å²) in [7, 11) is 0. The predicted molar refractivity (Wildman–Crippen MR) is 103 cm³/mol. The molecule has 0 radical (unpaired) electrons. The third-order valence-corrected chi connectivity index (χ3v) is 4.35. The molecule has 1 fully saturated rings. The van der Waals surface area contributed by atoms with Crippen molar-refractivity contribution < 1.29 is 19.4 Å². The van der Waals surface area contributed by atoms with Gasteiger partial charge < -0.3 is 25.4 Å². The number of ether oxygens (including phenoxy) is 1. The zero-order chi connectivity index (χ0) is 19.1. The van der Waals surface area contributed by atoms with Crippen molar-refractivity contribution in [2.24, 2.45) is 0 Å². The minimum absolute atomic E-state index is 0.410. The van der Waals surface area contributed by atoms with E-state index in [-0.39, 0.29) is 0 Å². The fraction of sp³-hybridized carbons (Fsp3) is 0.300. The van der Waals surface area contributed by atoms with E-state index < -0.39 is 24.5 Å². The molecule has 3 N–H and O–H groups in total. The number of aliphatic hydroxyl groups excluding tert-OH is 1. The van der Waals surface area contributed by atoms with Crippen molar-refractivity contribution >= 4 is 23.2 Å². The first-order chi connectivity index (χ1) is 13.2. The lowest BCUT2D eigenvalue weighted by Gasteiger charge is -2.29. The van der Waals surface area contributed by atoms with Gasteiger partial charge in [-0.1, -0.05) is 18.2 Å². The van der Waals surface area contributed by atoms with Crippen LogP contribution in [0.5, 0.6) is 0 Å². The van der Waals surface area contributed by atoms with Crippen molar-refractivity contribution in [3.63, 3.8) is 0 Å². The van der Waals surface area contributed by atoms with Gasteiger partial charge in [-0.05, 0) is 36.4 Å². The number of carbonyl (C=O) groups is 2. The summed E-state index contributed by atoms with van der Waals surface area (Å²) in [4.78, 5) is 26.8. The molecule has 27 heavy (non-hydrogen) atoms. The Labute approximate surface area is 157 Å². The van der Waals surface area contributed by atoms with Gasteiger partial charge in [0.15, 0.2) is 0 Å². The largest absolute Gasteiger partial charge is 0.394 e. The van der Waals surface area contributed by atoms with Gasteiger partial charge in [-0.15, -0.1) is 0 Å². The maximum atomic E-state index is 12.4. The molecule has 1 heterocycles. The molecule has 0 aliphatic carbocycles. The van der Waals surface area contributed by atoms with Crippen molar-refractivity contribution in [3.8, 4) is 0 Å². The lowest BCUT2D eigenvalue weighted by molar-refractivity contribution is -0.118. The number of hydrogen-bond donors (Lipinski definition) is 3. The standard InChI is InChI=1S/C20H23N3O4/c24-14-18(22-19(25)15-4-2-1-3-5-15)20(26)21-16-6-8-17(9-7-16)23-10-12-27-13-11-23/h1-9,18,24H,10-14H2,(H,21,26)(H,22,25)/t18-/m0/s1. The van der Waals surface area contributed by atoms with Crippen molar-refractivity contribution in [1.82, 2.24) is 5.32 Å². The fourth-order valence-electron chi connectivity index (χ4n) is 2.83. The molecule has 2 aromatic carbocycles. The molecule has 1 saturated heterocycles. The third-order valence-electron chi connectivity index (χ3n) is 4.35. The van der Waals surface area contributed by atoms with Crippen LogP contribution in [0.15, 0.2) is 54.6 Å². The average molecular weight is 369 g/mol. The molecule has 142 valence electrons. The van der Waals surface area contributed by atoms with Gasteiger partial charge in [-0.3, -0.25) is 9.59 Å². The minimum atomic E-state index is -1.03. The Morgan fingerprint density at radius 2 is 1.70 bits per heavy atom. The summed E-state index contributed by atoms with van der Waals surface area (Å²) in [5.74, 6) is -0.881. The van der Waals surface area contributed by atoms with Gasteiger partial charge in [-0.2, -0.15) is 0 Å². The molecule has 7 heteroatoms. The van der Waals surface area contributed by atoms with Crippen molar-refractivity contribution in [1.29, 1.82) is 0 Å². The van der Waals surface area contributed by atoms with Gasteiger partial charge in [0.25, 0.3) is 5.91 Å². The monoisotopic (exact) mass is 369 g/mol. The summed E-state index contributed by atoms with van der Waals surface area (Å²) in [5, 5.41) is 14.8. The molecule has 1 aliphatic rings. The van der Waals surface area contributed by atoms with E-state index in [2.05, 4.69) is 15.5 Å². The second kappa shape index (κ2) is 9.16. The number of nitrogens with one attached hydrogen (secondary N) is 2. The summed E-state index contributed by atoms with van der Waals surface area (Å²) in [5.41, 5.74) is 2.09. The van der Waals surface area contributed by atoms with Crippen LogP contribution in [0.3, 0.4) is 0 Å². The topological polar surface area (TPSA) is 90.9 Å². The number of anilines is 2. The number of carbonyl (C=O) groups excluding carboxylic acids is 2. The van der Waals surface area contributed by atoms with Crippen LogP contribution in [0.25, 0.3) is 0 Å². The molecule has 0 unspecified atom stereocenters. The van der Waals surface area contributed by atoms with Gasteiger partial charge in [0.2, 0.25) is 5.91 Å². The number of hydrogen-bond acceptors (Lipinski definition) is 5.